The number of hydrogen-bond donors (Lipinski definition) is 0. The molecule has 1 rings (SSSR count). The summed E-state index contributed by atoms with van der Waals surface area (Å²) in [6.45, 7) is 1.76. The summed E-state index contributed by atoms with van der Waals surface area (Å²) in [6, 6.07) is 3.78. The minimum atomic E-state index is -1.36. The highest BCUT2D eigenvalue weighted by Gasteiger charge is 2.17. The third kappa shape index (κ3) is 4.46. The number of hydrogen-bond acceptors (Lipinski definition) is 6. The van der Waals surface area contributed by atoms with Crippen molar-refractivity contribution >= 4 is 40.5 Å². The van der Waals surface area contributed by atoms with Crippen LogP contribution in [0.15, 0.2) is 28.4 Å². The minimum absolute atomic E-state index is 0.0903. The Morgan fingerprint density at radius 1 is 1.58 bits per heavy atom. The van der Waals surface area contributed by atoms with Gasteiger partial charge in [0, 0.05) is 11.1 Å². The van der Waals surface area contributed by atoms with Crippen LogP contribution in [0.3, 0.4) is 0 Å². The molecule has 1 atom stereocenters. The maximum absolute atomic E-state index is 11.2. The van der Waals surface area contributed by atoms with Gasteiger partial charge in [0.15, 0.2) is 5.69 Å². The van der Waals surface area contributed by atoms with Crippen molar-refractivity contribution in [3.63, 3.8) is 0 Å². The van der Waals surface area contributed by atoms with Gasteiger partial charge in [-0.05, 0) is 19.1 Å². The average Bonchev–Trinajstić information content (AvgIpc) is 2.35. The summed E-state index contributed by atoms with van der Waals surface area (Å²) in [7, 11) is 0. The second-order valence-electron chi connectivity index (χ2n) is 3.19. The van der Waals surface area contributed by atoms with Gasteiger partial charge in [-0.3, -0.25) is 10.1 Å². The smallest absolute Gasteiger partial charge is 0.348 e. The number of esters is 1. The molecule has 1 unspecified atom stereocenters. The standard InChI is InChI=1S/C10H9Cl2N3O4/c1-2-19-10(16)9(12)14-13-7-5-6(11)3-4-8(7)15(17)18/h3-5,9H,2H2,1H3. The fourth-order valence-corrected chi connectivity index (χ4v) is 1.38. The average molecular weight is 306 g/mol. The van der Waals surface area contributed by atoms with E-state index in [1.54, 1.807) is 6.92 Å². The van der Waals surface area contributed by atoms with Crippen LogP contribution in [0, 0.1) is 10.1 Å². The second-order valence-corrected chi connectivity index (χ2v) is 4.04. The molecule has 0 saturated heterocycles. The van der Waals surface area contributed by atoms with Crippen LogP contribution >= 0.6 is 23.2 Å². The van der Waals surface area contributed by atoms with Crippen molar-refractivity contribution in [1.82, 2.24) is 0 Å². The summed E-state index contributed by atoms with van der Waals surface area (Å²) in [4.78, 5) is 21.3. The number of benzene rings is 1. The molecule has 0 saturated carbocycles. The number of carbonyl (C=O) groups is 1. The van der Waals surface area contributed by atoms with E-state index < -0.39 is 16.4 Å². The molecule has 0 radical (unpaired) electrons. The molecule has 9 heteroatoms. The van der Waals surface area contributed by atoms with E-state index in [4.69, 9.17) is 23.2 Å². The van der Waals surface area contributed by atoms with E-state index in [-0.39, 0.29) is 23.0 Å². The molecule has 0 aliphatic heterocycles. The third-order valence-corrected chi connectivity index (χ3v) is 2.38. The van der Waals surface area contributed by atoms with Crippen molar-refractivity contribution in [3.05, 3.63) is 33.3 Å². The van der Waals surface area contributed by atoms with Gasteiger partial charge in [-0.1, -0.05) is 23.2 Å². The number of azo groups is 1. The van der Waals surface area contributed by atoms with Crippen molar-refractivity contribution in [3.8, 4) is 0 Å². The summed E-state index contributed by atoms with van der Waals surface area (Å²) in [5.74, 6) is -0.780. The monoisotopic (exact) mass is 305 g/mol. The molecule has 1 aromatic carbocycles. The fraction of sp³-hybridized carbons (Fsp3) is 0.300. The van der Waals surface area contributed by atoms with Crippen LogP contribution in [0.2, 0.25) is 5.02 Å². The van der Waals surface area contributed by atoms with Crippen molar-refractivity contribution < 1.29 is 14.5 Å². The molecule has 1 aromatic rings. The lowest BCUT2D eigenvalue weighted by Crippen LogP contribution is -2.15. The highest BCUT2D eigenvalue weighted by molar-refractivity contribution is 6.31. The molecule has 0 aromatic heterocycles. The number of halogens is 2. The Morgan fingerprint density at radius 2 is 2.26 bits per heavy atom. The topological polar surface area (TPSA) is 94.2 Å². The molecule has 19 heavy (non-hydrogen) atoms. The SMILES string of the molecule is CCOC(=O)C(Cl)N=Nc1cc(Cl)ccc1[N+](=O)[O-]. The number of nitro groups is 1. The lowest BCUT2D eigenvalue weighted by atomic mass is 10.3. The normalized spacial score (nSPS) is 12.4. The first-order valence-corrected chi connectivity index (χ1v) is 5.92. The van der Waals surface area contributed by atoms with Crippen LogP contribution in [0.4, 0.5) is 11.4 Å². The number of nitro benzene ring substituents is 1. The van der Waals surface area contributed by atoms with E-state index in [0.717, 1.165) is 0 Å². The predicted molar refractivity (Wildman–Crippen MR) is 68.9 cm³/mol. The van der Waals surface area contributed by atoms with Gasteiger partial charge in [-0.25, -0.2) is 4.79 Å². The zero-order valence-electron chi connectivity index (χ0n) is 9.75. The fourth-order valence-electron chi connectivity index (χ4n) is 1.10. The third-order valence-electron chi connectivity index (χ3n) is 1.88. The van der Waals surface area contributed by atoms with Crippen molar-refractivity contribution in [2.24, 2.45) is 10.2 Å². The first-order chi connectivity index (χ1) is 8.95. The van der Waals surface area contributed by atoms with Gasteiger partial charge < -0.3 is 4.74 Å². The van der Waals surface area contributed by atoms with Crippen molar-refractivity contribution in [2.45, 2.75) is 12.4 Å². The van der Waals surface area contributed by atoms with Crippen LogP contribution in [0.1, 0.15) is 6.92 Å². The van der Waals surface area contributed by atoms with Crippen LogP contribution in [-0.2, 0) is 9.53 Å². The van der Waals surface area contributed by atoms with E-state index in [9.17, 15) is 14.9 Å². The first-order valence-electron chi connectivity index (χ1n) is 5.11. The molecule has 0 spiro atoms. The van der Waals surface area contributed by atoms with E-state index in [0.29, 0.717) is 0 Å². The van der Waals surface area contributed by atoms with E-state index in [2.05, 4.69) is 15.0 Å². The van der Waals surface area contributed by atoms with Crippen LogP contribution in [0.25, 0.3) is 0 Å². The molecule has 0 heterocycles. The van der Waals surface area contributed by atoms with E-state index in [1.807, 2.05) is 0 Å². The highest BCUT2D eigenvalue weighted by Crippen LogP contribution is 2.30. The molecule has 0 fully saturated rings. The van der Waals surface area contributed by atoms with E-state index >= 15 is 0 Å². The van der Waals surface area contributed by atoms with Crippen LogP contribution in [0.5, 0.6) is 0 Å². The quantitative estimate of drug-likeness (QED) is 0.208. The number of rotatable bonds is 5. The summed E-state index contributed by atoms with van der Waals surface area (Å²) in [6.07, 6.45) is 0. The molecular weight excluding hydrogens is 297 g/mol. The maximum Gasteiger partial charge on any atom is 0.348 e. The molecule has 102 valence electrons. The summed E-state index contributed by atoms with van der Waals surface area (Å²) < 4.78 is 4.61. The molecule has 7 nitrogen and oxygen atoms in total. The minimum Gasteiger partial charge on any atom is -0.463 e. The van der Waals surface area contributed by atoms with Gasteiger partial charge in [-0.15, -0.1) is 5.11 Å². The lowest BCUT2D eigenvalue weighted by molar-refractivity contribution is -0.384. The Hall–Kier alpha value is -1.73. The van der Waals surface area contributed by atoms with Gasteiger partial charge in [-0.2, -0.15) is 5.11 Å². The lowest BCUT2D eigenvalue weighted by Gasteiger charge is -2.02. The Bertz CT molecular complexity index is 521. The Labute approximate surface area is 118 Å². The van der Waals surface area contributed by atoms with Crippen LogP contribution < -0.4 is 0 Å². The van der Waals surface area contributed by atoms with Crippen molar-refractivity contribution in [1.29, 1.82) is 0 Å². The summed E-state index contributed by atoms with van der Waals surface area (Å²) in [5.41, 5.74) is -1.74. The Balaban J connectivity index is 2.95. The summed E-state index contributed by atoms with van der Waals surface area (Å²) >= 11 is 11.3. The number of alkyl halides is 1. The summed E-state index contributed by atoms with van der Waals surface area (Å²) in [5, 5.41) is 18.0. The second kappa shape index (κ2) is 7.01. The largest absolute Gasteiger partial charge is 0.463 e. The molecule has 0 bridgehead atoms. The molecule has 0 aliphatic rings. The molecule has 0 N–H and O–H groups in total. The number of carbonyl (C=O) groups excluding carboxylic acids is 1. The maximum atomic E-state index is 11.2. The number of ether oxygens (including phenoxy) is 1. The van der Waals surface area contributed by atoms with Gasteiger partial charge in [0.05, 0.1) is 11.5 Å². The first kappa shape index (κ1) is 15.3. The predicted octanol–water partition coefficient (Wildman–Crippen LogP) is 3.46. The van der Waals surface area contributed by atoms with Crippen LogP contribution in [-0.4, -0.2) is 23.0 Å². The van der Waals surface area contributed by atoms with Gasteiger partial charge in [0.25, 0.3) is 5.69 Å². The molecule has 0 aliphatic carbocycles. The Kier molecular flexibility index (Phi) is 5.65. The van der Waals surface area contributed by atoms with E-state index in [1.165, 1.54) is 18.2 Å². The van der Waals surface area contributed by atoms with Gasteiger partial charge in [0.1, 0.15) is 0 Å². The zero-order valence-corrected chi connectivity index (χ0v) is 11.3. The van der Waals surface area contributed by atoms with Crippen molar-refractivity contribution in [2.75, 3.05) is 6.61 Å². The zero-order chi connectivity index (χ0) is 14.4. The van der Waals surface area contributed by atoms with Gasteiger partial charge in [0.2, 0.25) is 5.50 Å². The Morgan fingerprint density at radius 3 is 2.84 bits per heavy atom. The molecule has 0 amide bonds. The van der Waals surface area contributed by atoms with Gasteiger partial charge >= 0.3 is 5.97 Å². The highest BCUT2D eigenvalue weighted by atomic mass is 35.5. The number of nitrogens with zero attached hydrogens (tertiary/aromatic N) is 3. The molecular formula is C10H9Cl2N3O4.